The molecule has 0 nitrogen and oxygen atoms in total. The minimum absolute atomic E-state index is 0.272. The van der Waals surface area contributed by atoms with E-state index in [2.05, 4.69) is 74.4 Å². The summed E-state index contributed by atoms with van der Waals surface area (Å²) < 4.78 is -0.500. The summed E-state index contributed by atoms with van der Waals surface area (Å²) in [6.07, 6.45) is 8.60. The van der Waals surface area contributed by atoms with Gasteiger partial charge in [0.1, 0.15) is 3.78 Å². The normalized spacial score (nSPS) is 38.6. The van der Waals surface area contributed by atoms with Gasteiger partial charge in [-0.1, -0.05) is 80.4 Å². The van der Waals surface area contributed by atoms with Gasteiger partial charge in [0.25, 0.3) is 0 Å². The van der Waals surface area contributed by atoms with Crippen LogP contribution in [0.4, 0.5) is 0 Å². The Kier molecular flexibility index (Phi) is 3.00. The lowest BCUT2D eigenvalue weighted by Gasteiger charge is -2.43. The Morgan fingerprint density at radius 3 is 2.65 bits per heavy atom. The smallest absolute Gasteiger partial charge is 0.101 e. The minimum atomic E-state index is -0.500. The Balaban J connectivity index is 2.21. The van der Waals surface area contributed by atoms with Crippen molar-refractivity contribution < 1.29 is 0 Å². The fourth-order valence-electron chi connectivity index (χ4n) is 2.69. The lowest BCUT2D eigenvalue weighted by Crippen LogP contribution is -2.36. The summed E-state index contributed by atoms with van der Waals surface area (Å²) in [4.78, 5) is 0.328. The molecule has 0 spiro atoms. The predicted octanol–water partition coefficient (Wildman–Crippen LogP) is 5.28. The largest absolute Gasteiger partial charge is 0.131 e. The van der Waals surface area contributed by atoms with Crippen molar-refractivity contribution in [3.8, 4) is 0 Å². The topological polar surface area (TPSA) is 0 Å². The highest BCUT2D eigenvalue weighted by Gasteiger charge is 2.47. The molecule has 1 aromatic carbocycles. The Labute approximate surface area is 123 Å². The quantitative estimate of drug-likeness (QED) is 0.542. The van der Waals surface area contributed by atoms with E-state index >= 15 is 0 Å². The Morgan fingerprint density at radius 2 is 1.82 bits per heavy atom. The van der Waals surface area contributed by atoms with Crippen molar-refractivity contribution in [2.45, 2.75) is 8.61 Å². The lowest BCUT2D eigenvalue weighted by atomic mass is 9.73. The zero-order chi connectivity index (χ0) is 12.0. The van der Waals surface area contributed by atoms with Crippen molar-refractivity contribution in [2.24, 2.45) is 11.8 Å². The third-order valence-electron chi connectivity index (χ3n) is 3.55. The molecule has 17 heavy (non-hydrogen) atoms. The summed E-state index contributed by atoms with van der Waals surface area (Å²) in [5.74, 6) is 0.667. The Bertz CT molecular complexity index is 505. The molecule has 4 atom stereocenters. The van der Waals surface area contributed by atoms with Crippen LogP contribution in [0, 0.1) is 11.8 Å². The van der Waals surface area contributed by atoms with Crippen molar-refractivity contribution in [1.29, 1.82) is 0 Å². The first-order valence-corrected chi connectivity index (χ1v) is 7.67. The highest BCUT2D eigenvalue weighted by molar-refractivity contribution is 9.10. The third kappa shape index (κ3) is 1.76. The number of benzene rings is 1. The zero-order valence-corrected chi connectivity index (χ0v) is 12.9. The molecule has 0 amide bonds. The van der Waals surface area contributed by atoms with Crippen LogP contribution in [0.15, 0.2) is 48.6 Å². The molecule has 2 aliphatic rings. The van der Waals surface area contributed by atoms with Gasteiger partial charge in [-0.15, -0.1) is 11.6 Å². The highest BCUT2D eigenvalue weighted by atomic mass is 79.9. The molecule has 1 aromatic rings. The molecule has 0 bridgehead atoms. The van der Waals surface area contributed by atoms with Crippen molar-refractivity contribution in [3.63, 3.8) is 0 Å². The molecule has 0 unspecified atom stereocenters. The lowest BCUT2D eigenvalue weighted by molar-refractivity contribution is 0.405. The van der Waals surface area contributed by atoms with Gasteiger partial charge < -0.3 is 0 Å². The first-order chi connectivity index (χ1) is 8.12. The van der Waals surface area contributed by atoms with Crippen LogP contribution in [0.3, 0.4) is 0 Å². The van der Waals surface area contributed by atoms with Gasteiger partial charge in [0, 0.05) is 16.7 Å². The van der Waals surface area contributed by atoms with Gasteiger partial charge in [-0.05, 0) is 11.1 Å². The van der Waals surface area contributed by atoms with E-state index in [4.69, 9.17) is 11.6 Å². The van der Waals surface area contributed by atoms with E-state index < -0.39 is 3.78 Å². The van der Waals surface area contributed by atoms with Gasteiger partial charge >= 0.3 is 0 Å². The Hall–Kier alpha value is -0.0500. The van der Waals surface area contributed by atoms with Crippen LogP contribution in [0.25, 0.3) is 0 Å². The molecule has 88 valence electrons. The van der Waals surface area contributed by atoms with Gasteiger partial charge in [-0.2, -0.15) is 0 Å². The van der Waals surface area contributed by atoms with Crippen LogP contribution in [0.2, 0.25) is 0 Å². The molecule has 3 heteroatoms. The molecule has 0 aliphatic heterocycles. The van der Waals surface area contributed by atoms with Gasteiger partial charge in [0.15, 0.2) is 0 Å². The average Bonchev–Trinajstić information content (AvgIpc) is 2.37. The van der Waals surface area contributed by atoms with E-state index in [-0.39, 0.29) is 5.92 Å². The summed E-state index contributed by atoms with van der Waals surface area (Å²) in [6.45, 7) is 0. The van der Waals surface area contributed by atoms with Crippen molar-refractivity contribution in [1.82, 2.24) is 0 Å². The van der Waals surface area contributed by atoms with Gasteiger partial charge in [0.2, 0.25) is 0 Å². The predicted molar refractivity (Wildman–Crippen MR) is 79.8 cm³/mol. The van der Waals surface area contributed by atoms with E-state index in [1.165, 1.54) is 11.1 Å². The molecule has 0 aromatic heterocycles. The first kappa shape index (κ1) is 12.0. The number of allylic oxidation sites excluding steroid dienone is 4. The highest BCUT2D eigenvalue weighted by Crippen LogP contribution is 2.58. The molecule has 0 N–H and O–H groups in total. The number of hydrogen-bond acceptors (Lipinski definition) is 0. The summed E-state index contributed by atoms with van der Waals surface area (Å²) >= 11 is 14.3. The van der Waals surface area contributed by atoms with E-state index in [0.717, 1.165) is 0 Å². The van der Waals surface area contributed by atoms with Gasteiger partial charge in [0.05, 0.1) is 0 Å². The van der Waals surface area contributed by atoms with Gasteiger partial charge in [-0.3, -0.25) is 0 Å². The molecular weight excluding hydrogens is 363 g/mol. The number of halogens is 3. The fourth-order valence-corrected chi connectivity index (χ4v) is 4.81. The molecule has 0 saturated carbocycles. The maximum atomic E-state index is 6.75. The molecule has 0 fully saturated rings. The van der Waals surface area contributed by atoms with Crippen LogP contribution in [-0.4, -0.2) is 0 Å². The maximum absolute atomic E-state index is 6.75. The standard InChI is InChI=1S/C14H11Br2Cl/c15-13-9-5-1-3-7-11(9)14(16,17)12-8-4-2-6-10(12)13/h1-9,11,13H/t9-,11+,13+,14-/m0/s1. The minimum Gasteiger partial charge on any atom is -0.101 e. The van der Waals surface area contributed by atoms with Crippen LogP contribution in [0.1, 0.15) is 16.0 Å². The molecular formula is C14H11Br2Cl. The van der Waals surface area contributed by atoms with Crippen LogP contribution >= 0.6 is 43.5 Å². The van der Waals surface area contributed by atoms with Crippen LogP contribution < -0.4 is 0 Å². The monoisotopic (exact) mass is 372 g/mol. The fraction of sp³-hybridized carbons (Fsp3) is 0.286. The van der Waals surface area contributed by atoms with Crippen LogP contribution in [0.5, 0.6) is 0 Å². The second-order valence-electron chi connectivity index (χ2n) is 4.48. The van der Waals surface area contributed by atoms with Gasteiger partial charge in [-0.25, -0.2) is 0 Å². The van der Waals surface area contributed by atoms with E-state index in [1.54, 1.807) is 0 Å². The molecule has 0 radical (unpaired) electrons. The summed E-state index contributed by atoms with van der Waals surface area (Å²) in [5.41, 5.74) is 2.45. The Morgan fingerprint density at radius 1 is 1.12 bits per heavy atom. The second-order valence-corrected chi connectivity index (χ2v) is 7.77. The van der Waals surface area contributed by atoms with E-state index in [0.29, 0.717) is 10.7 Å². The average molecular weight is 375 g/mol. The summed E-state index contributed by atoms with van der Waals surface area (Å²) in [5, 5.41) is 0. The maximum Gasteiger partial charge on any atom is 0.131 e. The molecule has 3 rings (SSSR count). The zero-order valence-electron chi connectivity index (χ0n) is 8.98. The third-order valence-corrected chi connectivity index (χ3v) is 6.07. The molecule has 2 aliphatic carbocycles. The number of hydrogen-bond donors (Lipinski definition) is 0. The molecule has 0 saturated heterocycles. The van der Waals surface area contributed by atoms with Crippen molar-refractivity contribution in [3.05, 3.63) is 59.7 Å². The van der Waals surface area contributed by atoms with E-state index in [9.17, 15) is 0 Å². The first-order valence-electron chi connectivity index (χ1n) is 5.58. The molecule has 0 heterocycles. The number of alkyl halides is 3. The summed E-state index contributed by atoms with van der Waals surface area (Å²) in [6, 6.07) is 8.36. The summed E-state index contributed by atoms with van der Waals surface area (Å²) in [7, 11) is 0. The van der Waals surface area contributed by atoms with Crippen LogP contribution in [-0.2, 0) is 3.78 Å². The SMILES string of the molecule is Cl[C@]1(Br)c2ccccc2[C@H](Br)[C@H]2C=CC=C[C@H]21. The number of fused-ring (bicyclic) bond motifs is 2. The van der Waals surface area contributed by atoms with E-state index in [1.807, 2.05) is 6.07 Å². The van der Waals surface area contributed by atoms with Crippen molar-refractivity contribution in [2.75, 3.05) is 0 Å². The van der Waals surface area contributed by atoms with Crippen molar-refractivity contribution >= 4 is 43.5 Å². The second kappa shape index (κ2) is 4.25. The number of rotatable bonds is 0.